The molecule has 2 aromatic carbocycles. The Morgan fingerprint density at radius 1 is 1.04 bits per heavy atom. The molecule has 0 aliphatic carbocycles. The molecule has 4 rings (SSSR count). The summed E-state index contributed by atoms with van der Waals surface area (Å²) in [5.74, 6) is -2.04. The minimum Gasteiger partial charge on any atom is -0.545 e. The summed E-state index contributed by atoms with van der Waals surface area (Å²) in [6.45, 7) is 0.0823. The number of amides is 4. The van der Waals surface area contributed by atoms with Gasteiger partial charge in [-0.15, -0.1) is 0 Å². The number of rotatable bonds is 3. The van der Waals surface area contributed by atoms with Crippen LogP contribution in [0.15, 0.2) is 48.0 Å². The van der Waals surface area contributed by atoms with E-state index >= 15 is 0 Å². The molecule has 2 aromatic rings. The fraction of sp³-hybridized carbons (Fsp3) is 0.0526. The van der Waals surface area contributed by atoms with Crippen LogP contribution < -0.4 is 24.8 Å². The van der Waals surface area contributed by atoms with E-state index < -0.39 is 23.8 Å². The third-order valence-corrected chi connectivity index (χ3v) is 4.17. The van der Waals surface area contributed by atoms with E-state index in [2.05, 4.69) is 5.32 Å². The zero-order valence-corrected chi connectivity index (χ0v) is 14.1. The summed E-state index contributed by atoms with van der Waals surface area (Å²) in [4.78, 5) is 48.7. The van der Waals surface area contributed by atoms with E-state index in [-0.39, 0.29) is 23.6 Å². The average Bonchev–Trinajstić information content (AvgIpc) is 3.13. The van der Waals surface area contributed by atoms with Crippen molar-refractivity contribution in [3.8, 4) is 11.5 Å². The minimum absolute atomic E-state index is 0.0823. The number of nitrogens with zero attached hydrogens (tertiary/aromatic N) is 1. The highest BCUT2D eigenvalue weighted by Crippen LogP contribution is 2.33. The number of benzene rings is 2. The molecule has 0 atom stereocenters. The van der Waals surface area contributed by atoms with Crippen molar-refractivity contribution in [2.24, 2.45) is 0 Å². The van der Waals surface area contributed by atoms with Crippen molar-refractivity contribution in [2.45, 2.75) is 0 Å². The molecular formula is C19H11N2O7-. The summed E-state index contributed by atoms with van der Waals surface area (Å²) in [6.07, 6.45) is 1.33. The molecule has 2 heterocycles. The van der Waals surface area contributed by atoms with E-state index in [1.54, 1.807) is 18.2 Å². The third-order valence-electron chi connectivity index (χ3n) is 4.17. The van der Waals surface area contributed by atoms with Gasteiger partial charge in [-0.25, -0.2) is 9.69 Å². The molecule has 2 aliphatic heterocycles. The van der Waals surface area contributed by atoms with Crippen LogP contribution in [0.3, 0.4) is 0 Å². The lowest BCUT2D eigenvalue weighted by Gasteiger charge is -2.26. The molecule has 1 N–H and O–H groups in total. The molecule has 0 unspecified atom stereocenters. The van der Waals surface area contributed by atoms with Crippen molar-refractivity contribution in [1.82, 2.24) is 5.32 Å². The maximum Gasteiger partial charge on any atom is 0.335 e. The fourth-order valence-corrected chi connectivity index (χ4v) is 2.81. The van der Waals surface area contributed by atoms with Gasteiger partial charge in [0.2, 0.25) is 6.79 Å². The first kappa shape index (κ1) is 17.3. The van der Waals surface area contributed by atoms with E-state index in [9.17, 15) is 24.3 Å². The van der Waals surface area contributed by atoms with Crippen molar-refractivity contribution >= 4 is 35.6 Å². The van der Waals surface area contributed by atoms with Gasteiger partial charge in [-0.3, -0.25) is 14.9 Å². The number of carbonyl (C=O) groups is 4. The number of carboxylic acid groups (broad SMARTS) is 1. The first-order valence-electron chi connectivity index (χ1n) is 8.06. The lowest BCUT2D eigenvalue weighted by Crippen LogP contribution is -2.54. The van der Waals surface area contributed by atoms with Crippen molar-refractivity contribution < 1.29 is 33.8 Å². The molecule has 9 heteroatoms. The smallest absolute Gasteiger partial charge is 0.335 e. The van der Waals surface area contributed by atoms with Crippen LogP contribution >= 0.6 is 0 Å². The van der Waals surface area contributed by atoms with Crippen molar-refractivity contribution in [3.63, 3.8) is 0 Å². The molecule has 9 nitrogen and oxygen atoms in total. The van der Waals surface area contributed by atoms with Gasteiger partial charge in [0.15, 0.2) is 11.5 Å². The molecule has 4 amide bonds. The van der Waals surface area contributed by atoms with E-state index in [0.717, 1.165) is 4.90 Å². The largest absolute Gasteiger partial charge is 0.545 e. The standard InChI is InChI=1S/C19H12N2O7/c22-16-13(7-10-1-6-14-15(8-10)28-9-27-14)17(23)21(19(26)20-16)12-4-2-11(3-5-12)18(24)25/h1-8H,9H2,(H,24,25)(H,20,22,26)/p-1/b13-7+. The number of hydrogen-bond acceptors (Lipinski definition) is 7. The number of aromatic carboxylic acids is 1. The monoisotopic (exact) mass is 379 g/mol. The lowest BCUT2D eigenvalue weighted by atomic mass is 10.1. The normalized spacial score (nSPS) is 17.1. The Hall–Kier alpha value is -4.14. The number of barbiturate groups is 1. The highest BCUT2D eigenvalue weighted by molar-refractivity contribution is 6.39. The number of fused-ring (bicyclic) bond motifs is 1. The van der Waals surface area contributed by atoms with Crippen molar-refractivity contribution in [1.29, 1.82) is 0 Å². The Balaban J connectivity index is 1.68. The van der Waals surface area contributed by atoms with Gasteiger partial charge in [0.1, 0.15) is 5.57 Å². The Kier molecular flexibility index (Phi) is 4.04. The molecule has 0 bridgehead atoms. The maximum atomic E-state index is 12.8. The van der Waals surface area contributed by atoms with Crippen LogP contribution in [0.25, 0.3) is 6.08 Å². The lowest BCUT2D eigenvalue weighted by molar-refractivity contribution is -0.255. The van der Waals surface area contributed by atoms with E-state index in [1.165, 1.54) is 30.3 Å². The predicted molar refractivity (Wildman–Crippen MR) is 92.3 cm³/mol. The van der Waals surface area contributed by atoms with Crippen LogP contribution in [0.2, 0.25) is 0 Å². The number of imide groups is 2. The van der Waals surface area contributed by atoms with Gasteiger partial charge in [-0.05, 0) is 41.5 Å². The van der Waals surface area contributed by atoms with Crippen LogP contribution in [0.4, 0.5) is 10.5 Å². The number of nitrogens with one attached hydrogen (secondary N) is 1. The maximum absolute atomic E-state index is 12.8. The molecular weight excluding hydrogens is 368 g/mol. The van der Waals surface area contributed by atoms with Gasteiger partial charge in [-0.2, -0.15) is 0 Å². The fourth-order valence-electron chi connectivity index (χ4n) is 2.81. The first-order valence-corrected chi connectivity index (χ1v) is 8.06. The summed E-state index contributed by atoms with van der Waals surface area (Å²) in [6, 6.07) is 8.89. The van der Waals surface area contributed by atoms with Crippen molar-refractivity contribution in [3.05, 3.63) is 59.2 Å². The predicted octanol–water partition coefficient (Wildman–Crippen LogP) is 0.445. The van der Waals surface area contributed by atoms with E-state index in [1.807, 2.05) is 0 Å². The molecule has 28 heavy (non-hydrogen) atoms. The van der Waals surface area contributed by atoms with Gasteiger partial charge in [0, 0.05) is 0 Å². The van der Waals surface area contributed by atoms with Crippen LogP contribution in [0.5, 0.6) is 11.5 Å². The van der Waals surface area contributed by atoms with Crippen LogP contribution in [0.1, 0.15) is 15.9 Å². The molecule has 0 radical (unpaired) electrons. The minimum atomic E-state index is -1.39. The molecule has 0 spiro atoms. The number of anilines is 1. The highest BCUT2D eigenvalue weighted by atomic mass is 16.7. The number of urea groups is 1. The third kappa shape index (κ3) is 2.94. The zero-order chi connectivity index (χ0) is 19.8. The van der Waals surface area contributed by atoms with Crippen LogP contribution in [-0.4, -0.2) is 30.6 Å². The number of ether oxygens (including phenoxy) is 2. The zero-order valence-electron chi connectivity index (χ0n) is 14.1. The molecule has 1 fully saturated rings. The first-order chi connectivity index (χ1) is 13.4. The van der Waals surface area contributed by atoms with Crippen LogP contribution in [0, 0.1) is 0 Å². The Morgan fingerprint density at radius 2 is 1.75 bits per heavy atom. The highest BCUT2D eigenvalue weighted by Gasteiger charge is 2.36. The molecule has 1 saturated heterocycles. The second-order valence-electron chi connectivity index (χ2n) is 5.90. The van der Waals surface area contributed by atoms with Gasteiger partial charge in [-0.1, -0.05) is 18.2 Å². The number of carbonyl (C=O) groups excluding carboxylic acids is 4. The second kappa shape index (κ2) is 6.54. The topological polar surface area (TPSA) is 125 Å². The van der Waals surface area contributed by atoms with Crippen molar-refractivity contribution in [2.75, 3.05) is 11.7 Å². The Morgan fingerprint density at radius 3 is 2.46 bits per heavy atom. The van der Waals surface area contributed by atoms with E-state index in [0.29, 0.717) is 17.1 Å². The molecule has 0 aromatic heterocycles. The van der Waals surface area contributed by atoms with Gasteiger partial charge >= 0.3 is 6.03 Å². The number of carboxylic acids is 1. The molecule has 2 aliphatic rings. The molecule has 140 valence electrons. The number of hydrogen-bond donors (Lipinski definition) is 1. The van der Waals surface area contributed by atoms with Crippen LogP contribution in [-0.2, 0) is 9.59 Å². The van der Waals surface area contributed by atoms with Gasteiger partial charge in [0.25, 0.3) is 11.8 Å². The summed E-state index contributed by atoms with van der Waals surface area (Å²) in [5, 5.41) is 12.9. The van der Waals surface area contributed by atoms with E-state index in [4.69, 9.17) is 9.47 Å². The summed E-state index contributed by atoms with van der Waals surface area (Å²) >= 11 is 0. The molecule has 0 saturated carbocycles. The Bertz CT molecular complexity index is 1060. The quantitative estimate of drug-likeness (QED) is 0.606. The summed E-state index contributed by atoms with van der Waals surface area (Å²) < 4.78 is 10.5. The van der Waals surface area contributed by atoms with Gasteiger partial charge < -0.3 is 19.4 Å². The summed E-state index contributed by atoms with van der Waals surface area (Å²) in [7, 11) is 0. The SMILES string of the molecule is O=C1NC(=O)N(c2ccc(C(=O)[O-])cc2)C(=O)/C1=C/c1ccc2c(c1)OCO2. The van der Waals surface area contributed by atoms with Gasteiger partial charge in [0.05, 0.1) is 11.7 Å². The Labute approximate surface area is 157 Å². The average molecular weight is 379 g/mol. The second-order valence-corrected chi connectivity index (χ2v) is 5.90. The summed E-state index contributed by atoms with van der Waals surface area (Å²) in [5.41, 5.74) is 0.240.